The first kappa shape index (κ1) is 16.3. The highest BCUT2D eigenvalue weighted by atomic mass is 16.2. The van der Waals surface area contributed by atoms with Crippen molar-refractivity contribution in [1.82, 2.24) is 15.5 Å². The zero-order valence-electron chi connectivity index (χ0n) is 13.2. The van der Waals surface area contributed by atoms with Crippen molar-refractivity contribution < 1.29 is 9.59 Å². The van der Waals surface area contributed by atoms with Crippen LogP contribution in [0.5, 0.6) is 0 Å². The Kier molecular flexibility index (Phi) is 6.03. The highest BCUT2D eigenvalue weighted by molar-refractivity contribution is 5.84. The van der Waals surface area contributed by atoms with Gasteiger partial charge in [0.15, 0.2) is 0 Å². The minimum absolute atomic E-state index is 0.130. The van der Waals surface area contributed by atoms with Crippen LogP contribution < -0.4 is 10.6 Å². The van der Waals surface area contributed by atoms with Crippen molar-refractivity contribution in [2.45, 2.75) is 51.9 Å². The largest absolute Gasteiger partial charge is 0.355 e. The Bertz CT molecular complexity index is 353. The van der Waals surface area contributed by atoms with Crippen LogP contribution in [-0.2, 0) is 9.59 Å². The van der Waals surface area contributed by atoms with Gasteiger partial charge in [0.25, 0.3) is 0 Å². The van der Waals surface area contributed by atoms with E-state index in [0.717, 1.165) is 64.7 Å². The molecular formula is C16H29N3O2. The molecule has 0 aliphatic carbocycles. The molecule has 2 amide bonds. The van der Waals surface area contributed by atoms with Gasteiger partial charge < -0.3 is 15.5 Å². The van der Waals surface area contributed by atoms with Gasteiger partial charge in [-0.15, -0.1) is 0 Å². The maximum absolute atomic E-state index is 12.5. The first-order chi connectivity index (χ1) is 10.2. The first-order valence-corrected chi connectivity index (χ1v) is 8.45. The Labute approximate surface area is 127 Å². The van der Waals surface area contributed by atoms with Crippen molar-refractivity contribution in [3.05, 3.63) is 0 Å². The summed E-state index contributed by atoms with van der Waals surface area (Å²) in [6.45, 7) is 6.14. The van der Waals surface area contributed by atoms with E-state index in [-0.39, 0.29) is 17.2 Å². The van der Waals surface area contributed by atoms with Gasteiger partial charge >= 0.3 is 0 Å². The number of hydrogen-bond donors (Lipinski definition) is 2. The molecule has 0 saturated carbocycles. The molecule has 5 nitrogen and oxygen atoms in total. The molecule has 2 fully saturated rings. The predicted molar refractivity (Wildman–Crippen MR) is 82.9 cm³/mol. The SMILES string of the molecule is CCCC1(C(=O)NCCC(=O)N2CCCC2)CCCNC1. The van der Waals surface area contributed by atoms with Crippen molar-refractivity contribution >= 4 is 11.8 Å². The molecule has 2 aliphatic rings. The molecule has 0 aromatic carbocycles. The van der Waals surface area contributed by atoms with Crippen LogP contribution in [0.15, 0.2) is 0 Å². The number of carbonyl (C=O) groups excluding carboxylic acids is 2. The summed E-state index contributed by atoms with van der Waals surface area (Å²) in [5.41, 5.74) is -0.260. The standard InChI is InChI=1S/C16H29N3O2/c1-2-7-16(8-5-9-17-13-16)15(21)18-10-6-14(20)19-11-3-4-12-19/h17H,2-13H2,1H3,(H,18,21). The van der Waals surface area contributed by atoms with Gasteiger partial charge in [-0.2, -0.15) is 0 Å². The Balaban J connectivity index is 1.77. The van der Waals surface area contributed by atoms with Crippen LogP contribution in [0.4, 0.5) is 0 Å². The van der Waals surface area contributed by atoms with E-state index in [4.69, 9.17) is 0 Å². The van der Waals surface area contributed by atoms with Gasteiger partial charge in [0, 0.05) is 32.6 Å². The van der Waals surface area contributed by atoms with E-state index in [1.165, 1.54) is 0 Å². The number of amides is 2. The molecule has 0 aromatic heterocycles. The number of piperidine rings is 1. The average Bonchev–Trinajstić information content (AvgIpc) is 3.02. The van der Waals surface area contributed by atoms with Crippen molar-refractivity contribution in [3.63, 3.8) is 0 Å². The highest BCUT2D eigenvalue weighted by Crippen LogP contribution is 2.31. The van der Waals surface area contributed by atoms with Gasteiger partial charge in [-0.3, -0.25) is 9.59 Å². The minimum Gasteiger partial charge on any atom is -0.355 e. The Morgan fingerprint density at radius 2 is 2.00 bits per heavy atom. The third-order valence-electron chi connectivity index (χ3n) is 4.77. The summed E-state index contributed by atoms with van der Waals surface area (Å²) in [6, 6.07) is 0. The van der Waals surface area contributed by atoms with Crippen LogP contribution >= 0.6 is 0 Å². The van der Waals surface area contributed by atoms with Crippen molar-refractivity contribution in [1.29, 1.82) is 0 Å². The molecule has 0 radical (unpaired) electrons. The third-order valence-corrected chi connectivity index (χ3v) is 4.77. The van der Waals surface area contributed by atoms with E-state index < -0.39 is 0 Å². The summed E-state index contributed by atoms with van der Waals surface area (Å²) >= 11 is 0. The lowest BCUT2D eigenvalue weighted by atomic mass is 9.76. The lowest BCUT2D eigenvalue weighted by Gasteiger charge is -2.36. The van der Waals surface area contributed by atoms with Gasteiger partial charge in [0.1, 0.15) is 0 Å². The number of hydrogen-bond acceptors (Lipinski definition) is 3. The van der Waals surface area contributed by atoms with Crippen molar-refractivity contribution in [2.75, 3.05) is 32.7 Å². The van der Waals surface area contributed by atoms with E-state index in [2.05, 4.69) is 17.6 Å². The fourth-order valence-corrected chi connectivity index (χ4v) is 3.56. The Morgan fingerprint density at radius 3 is 2.62 bits per heavy atom. The molecule has 0 bridgehead atoms. The average molecular weight is 295 g/mol. The monoisotopic (exact) mass is 295 g/mol. The first-order valence-electron chi connectivity index (χ1n) is 8.45. The third kappa shape index (κ3) is 4.19. The lowest BCUT2D eigenvalue weighted by molar-refractivity contribution is -0.133. The number of likely N-dealkylation sites (tertiary alicyclic amines) is 1. The fraction of sp³-hybridized carbons (Fsp3) is 0.875. The molecule has 2 rings (SSSR count). The normalized spacial score (nSPS) is 25.9. The summed E-state index contributed by atoms with van der Waals surface area (Å²) in [7, 11) is 0. The zero-order chi connectivity index (χ0) is 15.1. The van der Waals surface area contributed by atoms with Gasteiger partial charge in [0.2, 0.25) is 11.8 Å². The van der Waals surface area contributed by atoms with Crippen LogP contribution in [0.1, 0.15) is 51.9 Å². The molecule has 0 spiro atoms. The quantitative estimate of drug-likeness (QED) is 0.776. The van der Waals surface area contributed by atoms with E-state index in [1.54, 1.807) is 0 Å². The molecule has 5 heteroatoms. The number of nitrogens with zero attached hydrogens (tertiary/aromatic N) is 1. The number of rotatable bonds is 6. The van der Waals surface area contributed by atoms with Crippen LogP contribution in [0.3, 0.4) is 0 Å². The van der Waals surface area contributed by atoms with E-state index in [1.807, 2.05) is 4.90 Å². The molecule has 120 valence electrons. The Hall–Kier alpha value is -1.10. The molecule has 21 heavy (non-hydrogen) atoms. The molecule has 0 aromatic rings. The number of nitrogens with one attached hydrogen (secondary N) is 2. The maximum Gasteiger partial charge on any atom is 0.227 e. The molecule has 1 atom stereocenters. The molecule has 2 saturated heterocycles. The topological polar surface area (TPSA) is 61.4 Å². The summed E-state index contributed by atoms with van der Waals surface area (Å²) in [4.78, 5) is 26.4. The van der Waals surface area contributed by atoms with Gasteiger partial charge in [-0.05, 0) is 38.6 Å². The zero-order valence-corrected chi connectivity index (χ0v) is 13.2. The predicted octanol–water partition coefficient (Wildman–Crippen LogP) is 1.29. The highest BCUT2D eigenvalue weighted by Gasteiger charge is 2.38. The second-order valence-corrected chi connectivity index (χ2v) is 6.40. The van der Waals surface area contributed by atoms with Crippen LogP contribution in [0, 0.1) is 5.41 Å². The van der Waals surface area contributed by atoms with E-state index >= 15 is 0 Å². The second-order valence-electron chi connectivity index (χ2n) is 6.40. The smallest absolute Gasteiger partial charge is 0.227 e. The number of carbonyl (C=O) groups is 2. The Morgan fingerprint density at radius 1 is 1.24 bits per heavy atom. The van der Waals surface area contributed by atoms with Crippen LogP contribution in [0.2, 0.25) is 0 Å². The lowest BCUT2D eigenvalue weighted by Crippen LogP contribution is -2.51. The molecule has 2 aliphatic heterocycles. The summed E-state index contributed by atoms with van der Waals surface area (Å²) in [5.74, 6) is 0.310. The minimum atomic E-state index is -0.260. The van der Waals surface area contributed by atoms with Crippen LogP contribution in [-0.4, -0.2) is 49.4 Å². The second kappa shape index (κ2) is 7.78. The van der Waals surface area contributed by atoms with Gasteiger partial charge in [0.05, 0.1) is 5.41 Å². The van der Waals surface area contributed by atoms with Crippen molar-refractivity contribution in [3.8, 4) is 0 Å². The molecular weight excluding hydrogens is 266 g/mol. The fourth-order valence-electron chi connectivity index (χ4n) is 3.56. The molecule has 2 N–H and O–H groups in total. The van der Waals surface area contributed by atoms with E-state index in [9.17, 15) is 9.59 Å². The van der Waals surface area contributed by atoms with Gasteiger partial charge in [-0.25, -0.2) is 0 Å². The van der Waals surface area contributed by atoms with E-state index in [0.29, 0.717) is 13.0 Å². The molecule has 2 heterocycles. The van der Waals surface area contributed by atoms with Crippen LogP contribution in [0.25, 0.3) is 0 Å². The summed E-state index contributed by atoms with van der Waals surface area (Å²) in [5, 5.41) is 6.36. The van der Waals surface area contributed by atoms with Crippen molar-refractivity contribution in [2.24, 2.45) is 5.41 Å². The molecule has 1 unspecified atom stereocenters. The maximum atomic E-state index is 12.5. The summed E-state index contributed by atoms with van der Waals surface area (Å²) < 4.78 is 0. The summed E-state index contributed by atoms with van der Waals surface area (Å²) in [6.07, 6.45) is 6.61. The van der Waals surface area contributed by atoms with Gasteiger partial charge in [-0.1, -0.05) is 13.3 Å².